The van der Waals surface area contributed by atoms with Crippen LogP contribution in [0.2, 0.25) is 0 Å². The summed E-state index contributed by atoms with van der Waals surface area (Å²) in [5.74, 6) is -1.06. The number of halogens is 2. The minimum absolute atomic E-state index is 0.0611. The molecule has 16 heavy (non-hydrogen) atoms. The van der Waals surface area contributed by atoms with Gasteiger partial charge in [0.15, 0.2) is 0 Å². The summed E-state index contributed by atoms with van der Waals surface area (Å²) in [5, 5.41) is 9.38. The minimum atomic E-state index is -0.528. The third-order valence-corrected chi connectivity index (χ3v) is 2.25. The molecule has 2 aromatic rings. The van der Waals surface area contributed by atoms with Crippen LogP contribution in [-0.2, 0) is 13.1 Å². The van der Waals surface area contributed by atoms with Crippen molar-refractivity contribution in [1.82, 2.24) is 15.5 Å². The van der Waals surface area contributed by atoms with Gasteiger partial charge in [-0.1, -0.05) is 6.07 Å². The normalized spacial score (nSPS) is 10.6. The van der Waals surface area contributed by atoms with E-state index in [4.69, 9.17) is 0 Å². The van der Waals surface area contributed by atoms with Crippen LogP contribution in [0.4, 0.5) is 8.78 Å². The zero-order valence-electron chi connectivity index (χ0n) is 8.50. The zero-order valence-corrected chi connectivity index (χ0v) is 8.50. The van der Waals surface area contributed by atoms with Crippen LogP contribution in [0.5, 0.6) is 0 Å². The number of aromatic nitrogens is 2. The average molecular weight is 223 g/mol. The number of nitrogens with zero attached hydrogens (tertiary/aromatic N) is 1. The van der Waals surface area contributed by atoms with Crippen molar-refractivity contribution in [3.8, 4) is 0 Å². The van der Waals surface area contributed by atoms with Gasteiger partial charge in [-0.25, -0.2) is 8.78 Å². The highest BCUT2D eigenvalue weighted by Gasteiger charge is 2.07. The molecule has 0 spiro atoms. The van der Waals surface area contributed by atoms with Gasteiger partial charge in [0.25, 0.3) is 0 Å². The van der Waals surface area contributed by atoms with Crippen LogP contribution in [0, 0.1) is 11.6 Å². The maximum absolute atomic E-state index is 13.2. The molecule has 1 aromatic heterocycles. The molecule has 1 aromatic carbocycles. The zero-order chi connectivity index (χ0) is 11.4. The molecular weight excluding hydrogens is 212 g/mol. The molecule has 2 rings (SSSR count). The van der Waals surface area contributed by atoms with Crippen LogP contribution in [0.25, 0.3) is 0 Å². The molecule has 3 nitrogen and oxygen atoms in total. The molecule has 0 atom stereocenters. The van der Waals surface area contributed by atoms with E-state index >= 15 is 0 Å². The molecule has 0 bridgehead atoms. The van der Waals surface area contributed by atoms with Gasteiger partial charge in [0, 0.05) is 30.4 Å². The molecule has 0 radical (unpaired) electrons. The van der Waals surface area contributed by atoms with E-state index in [9.17, 15) is 8.78 Å². The third-order valence-electron chi connectivity index (χ3n) is 2.25. The molecule has 0 saturated heterocycles. The standard InChI is InChI=1S/C11H11F2N3/c12-10-2-1-3-11(13)9(10)7-14-4-8-5-15-16-6-8/h1-3,5-6,14H,4,7H2,(H,15,16). The highest BCUT2D eigenvalue weighted by molar-refractivity contribution is 5.19. The lowest BCUT2D eigenvalue weighted by atomic mass is 10.2. The fourth-order valence-electron chi connectivity index (χ4n) is 1.41. The topological polar surface area (TPSA) is 40.7 Å². The Kier molecular flexibility index (Phi) is 3.26. The maximum atomic E-state index is 13.2. The molecule has 2 N–H and O–H groups in total. The van der Waals surface area contributed by atoms with E-state index in [0.29, 0.717) is 6.54 Å². The smallest absolute Gasteiger partial charge is 0.130 e. The van der Waals surface area contributed by atoms with Gasteiger partial charge in [-0.15, -0.1) is 0 Å². The van der Waals surface area contributed by atoms with E-state index in [2.05, 4.69) is 15.5 Å². The van der Waals surface area contributed by atoms with Crippen molar-refractivity contribution < 1.29 is 8.78 Å². The first kappa shape index (κ1) is 10.8. The van der Waals surface area contributed by atoms with Gasteiger partial charge in [0.05, 0.1) is 6.20 Å². The van der Waals surface area contributed by atoms with Gasteiger partial charge in [-0.2, -0.15) is 5.10 Å². The van der Waals surface area contributed by atoms with Crippen molar-refractivity contribution in [1.29, 1.82) is 0 Å². The quantitative estimate of drug-likeness (QED) is 0.832. The van der Waals surface area contributed by atoms with E-state index in [1.807, 2.05) is 0 Å². The number of aromatic amines is 1. The van der Waals surface area contributed by atoms with Gasteiger partial charge < -0.3 is 5.32 Å². The van der Waals surface area contributed by atoms with Gasteiger partial charge in [-0.3, -0.25) is 5.10 Å². The molecule has 0 fully saturated rings. The first-order valence-corrected chi connectivity index (χ1v) is 4.88. The Bertz CT molecular complexity index is 434. The molecular formula is C11H11F2N3. The lowest BCUT2D eigenvalue weighted by Crippen LogP contribution is -2.14. The number of H-pyrrole nitrogens is 1. The van der Waals surface area contributed by atoms with E-state index in [1.165, 1.54) is 18.2 Å². The summed E-state index contributed by atoms with van der Waals surface area (Å²) < 4.78 is 26.4. The fourth-order valence-corrected chi connectivity index (χ4v) is 1.41. The summed E-state index contributed by atoms with van der Waals surface area (Å²) in [6.45, 7) is 0.675. The van der Waals surface area contributed by atoms with E-state index in [1.54, 1.807) is 12.4 Å². The minimum Gasteiger partial charge on any atom is -0.308 e. The Morgan fingerprint density at radius 2 is 1.94 bits per heavy atom. The van der Waals surface area contributed by atoms with Crippen molar-refractivity contribution in [3.63, 3.8) is 0 Å². The third kappa shape index (κ3) is 2.43. The second kappa shape index (κ2) is 4.85. The number of hydrogen-bond donors (Lipinski definition) is 2. The second-order valence-electron chi connectivity index (χ2n) is 3.41. The summed E-state index contributed by atoms with van der Waals surface area (Å²) >= 11 is 0. The summed E-state index contributed by atoms with van der Waals surface area (Å²) in [7, 11) is 0. The molecule has 0 aliphatic carbocycles. The maximum Gasteiger partial charge on any atom is 0.130 e. The SMILES string of the molecule is Fc1cccc(F)c1CNCc1cn[nH]c1. The predicted molar refractivity (Wildman–Crippen MR) is 55.5 cm³/mol. The van der Waals surface area contributed by atoms with Gasteiger partial charge in [0.2, 0.25) is 0 Å². The van der Waals surface area contributed by atoms with Crippen molar-refractivity contribution >= 4 is 0 Å². The average Bonchev–Trinajstić information content (AvgIpc) is 2.75. The Balaban J connectivity index is 1.95. The van der Waals surface area contributed by atoms with Gasteiger partial charge in [-0.05, 0) is 12.1 Å². The lowest BCUT2D eigenvalue weighted by molar-refractivity contribution is 0.535. The molecule has 5 heteroatoms. The Labute approximate surface area is 91.5 Å². The molecule has 0 unspecified atom stereocenters. The van der Waals surface area contributed by atoms with Crippen LogP contribution in [0.3, 0.4) is 0 Å². The van der Waals surface area contributed by atoms with E-state index in [0.717, 1.165) is 5.56 Å². The second-order valence-corrected chi connectivity index (χ2v) is 3.41. The van der Waals surface area contributed by atoms with E-state index in [-0.39, 0.29) is 12.1 Å². The Morgan fingerprint density at radius 1 is 1.19 bits per heavy atom. The van der Waals surface area contributed by atoms with Crippen LogP contribution >= 0.6 is 0 Å². The first-order valence-electron chi connectivity index (χ1n) is 4.88. The van der Waals surface area contributed by atoms with Gasteiger partial charge in [0.1, 0.15) is 11.6 Å². The number of hydrogen-bond acceptors (Lipinski definition) is 2. The van der Waals surface area contributed by atoms with Crippen molar-refractivity contribution in [3.05, 3.63) is 53.4 Å². The lowest BCUT2D eigenvalue weighted by Gasteiger charge is -2.05. The van der Waals surface area contributed by atoms with Gasteiger partial charge >= 0.3 is 0 Å². The molecule has 0 aliphatic heterocycles. The Morgan fingerprint density at radius 3 is 2.56 bits per heavy atom. The summed E-state index contributed by atoms with van der Waals surface area (Å²) in [6, 6.07) is 3.85. The highest BCUT2D eigenvalue weighted by atomic mass is 19.1. The summed E-state index contributed by atoms with van der Waals surface area (Å²) in [4.78, 5) is 0. The predicted octanol–water partition coefficient (Wildman–Crippen LogP) is 1.98. The first-order chi connectivity index (χ1) is 7.77. The fraction of sp³-hybridized carbons (Fsp3) is 0.182. The monoisotopic (exact) mass is 223 g/mol. The van der Waals surface area contributed by atoms with Crippen LogP contribution in [0.1, 0.15) is 11.1 Å². The molecule has 84 valence electrons. The number of nitrogens with one attached hydrogen (secondary N) is 2. The molecule has 0 aliphatic rings. The highest BCUT2D eigenvalue weighted by Crippen LogP contribution is 2.11. The van der Waals surface area contributed by atoms with Crippen molar-refractivity contribution in [2.45, 2.75) is 13.1 Å². The largest absolute Gasteiger partial charge is 0.308 e. The molecule has 0 saturated carbocycles. The summed E-state index contributed by atoms with van der Waals surface area (Å²) in [6.07, 6.45) is 3.38. The summed E-state index contributed by atoms with van der Waals surface area (Å²) in [5.41, 5.74) is 1.00. The van der Waals surface area contributed by atoms with Crippen molar-refractivity contribution in [2.75, 3.05) is 0 Å². The Hall–Kier alpha value is -1.75. The van der Waals surface area contributed by atoms with Crippen LogP contribution in [-0.4, -0.2) is 10.2 Å². The molecule has 1 heterocycles. The number of rotatable bonds is 4. The number of benzene rings is 1. The van der Waals surface area contributed by atoms with Crippen molar-refractivity contribution in [2.24, 2.45) is 0 Å². The van der Waals surface area contributed by atoms with Crippen LogP contribution in [0.15, 0.2) is 30.6 Å². The van der Waals surface area contributed by atoms with Crippen LogP contribution < -0.4 is 5.32 Å². The molecule has 0 amide bonds. The van der Waals surface area contributed by atoms with E-state index < -0.39 is 11.6 Å².